The minimum atomic E-state index is -0.517. The Kier molecular flexibility index (Phi) is 6.18. The van der Waals surface area contributed by atoms with Gasteiger partial charge in [-0.15, -0.1) is 0 Å². The van der Waals surface area contributed by atoms with E-state index in [1.54, 1.807) is 10.8 Å². The molecule has 1 amide bonds. The predicted molar refractivity (Wildman–Crippen MR) is 108 cm³/mol. The van der Waals surface area contributed by atoms with Gasteiger partial charge >= 0.3 is 5.97 Å². The van der Waals surface area contributed by atoms with E-state index in [2.05, 4.69) is 29.5 Å². The predicted octanol–water partition coefficient (Wildman–Crippen LogP) is 3.17. The molecule has 3 heterocycles. The molecule has 28 heavy (non-hydrogen) atoms. The molecule has 8 nitrogen and oxygen atoms in total. The number of amides is 1. The standard InChI is InChI=1S/C20H28N4O4/c1-5-12(2)22-14-9-16-17(23-13(3)25)18(20(26)27-4)24(19(16)21-10-14)11-15-7-6-8-28-15/h9-10,12,15,22H,5-8,11H2,1-4H3,(H,23,25)/t12-,15+/m0/s1. The summed E-state index contributed by atoms with van der Waals surface area (Å²) in [7, 11) is 1.33. The molecule has 0 bridgehead atoms. The molecule has 1 fully saturated rings. The lowest BCUT2D eigenvalue weighted by Gasteiger charge is -2.15. The van der Waals surface area contributed by atoms with Crippen LogP contribution >= 0.6 is 0 Å². The Morgan fingerprint density at radius 3 is 2.86 bits per heavy atom. The lowest BCUT2D eigenvalue weighted by atomic mass is 10.2. The van der Waals surface area contributed by atoms with E-state index < -0.39 is 5.97 Å². The Labute approximate surface area is 164 Å². The number of methoxy groups -OCH3 is 1. The lowest BCUT2D eigenvalue weighted by molar-refractivity contribution is -0.114. The first-order valence-corrected chi connectivity index (χ1v) is 9.70. The molecule has 2 aromatic heterocycles. The molecule has 1 saturated heterocycles. The molecule has 0 unspecified atom stereocenters. The molecule has 2 N–H and O–H groups in total. The molecular formula is C20H28N4O4. The van der Waals surface area contributed by atoms with Crippen molar-refractivity contribution < 1.29 is 19.1 Å². The highest BCUT2D eigenvalue weighted by Crippen LogP contribution is 2.34. The molecular weight excluding hydrogens is 360 g/mol. The van der Waals surface area contributed by atoms with Gasteiger partial charge in [0.25, 0.3) is 0 Å². The van der Waals surface area contributed by atoms with Crippen molar-refractivity contribution in [1.29, 1.82) is 0 Å². The number of carbonyl (C=O) groups excluding carboxylic acids is 2. The second-order valence-electron chi connectivity index (χ2n) is 7.19. The zero-order chi connectivity index (χ0) is 20.3. The third-order valence-electron chi connectivity index (χ3n) is 5.01. The Bertz CT molecular complexity index is 871. The first-order valence-electron chi connectivity index (χ1n) is 9.70. The molecule has 2 aromatic rings. The molecule has 0 aromatic carbocycles. The SMILES string of the molecule is CC[C@H](C)Nc1cnc2c(c1)c(NC(C)=O)c(C(=O)OC)n2C[C@H]1CCCO1. The highest BCUT2D eigenvalue weighted by atomic mass is 16.5. The van der Waals surface area contributed by atoms with Crippen molar-refractivity contribution >= 4 is 34.3 Å². The van der Waals surface area contributed by atoms with Gasteiger partial charge in [0.15, 0.2) is 5.69 Å². The summed E-state index contributed by atoms with van der Waals surface area (Å²) in [6, 6.07) is 2.19. The number of aromatic nitrogens is 2. The number of rotatable bonds is 7. The van der Waals surface area contributed by atoms with Crippen LogP contribution in [0.15, 0.2) is 12.3 Å². The van der Waals surface area contributed by atoms with Gasteiger partial charge in [-0.25, -0.2) is 9.78 Å². The largest absolute Gasteiger partial charge is 0.464 e. The first-order chi connectivity index (χ1) is 13.4. The van der Waals surface area contributed by atoms with Crippen LogP contribution in [0.1, 0.15) is 50.5 Å². The molecule has 3 rings (SSSR count). The van der Waals surface area contributed by atoms with Gasteiger partial charge in [-0.2, -0.15) is 0 Å². The van der Waals surface area contributed by atoms with Crippen LogP contribution in [-0.4, -0.2) is 47.3 Å². The van der Waals surface area contributed by atoms with Crippen LogP contribution in [-0.2, 0) is 20.8 Å². The number of carbonyl (C=O) groups is 2. The van der Waals surface area contributed by atoms with Crippen molar-refractivity contribution in [2.24, 2.45) is 0 Å². The molecule has 8 heteroatoms. The molecule has 1 aliphatic heterocycles. The maximum absolute atomic E-state index is 12.6. The molecule has 0 spiro atoms. The summed E-state index contributed by atoms with van der Waals surface area (Å²) in [5.41, 5.74) is 2.16. The summed E-state index contributed by atoms with van der Waals surface area (Å²) >= 11 is 0. The molecule has 0 aliphatic carbocycles. The first kappa shape index (κ1) is 20.1. The number of anilines is 2. The third-order valence-corrected chi connectivity index (χ3v) is 5.01. The fraction of sp³-hybridized carbons (Fsp3) is 0.550. The van der Waals surface area contributed by atoms with E-state index in [0.29, 0.717) is 29.9 Å². The zero-order valence-corrected chi connectivity index (χ0v) is 16.9. The Morgan fingerprint density at radius 2 is 2.25 bits per heavy atom. The minimum Gasteiger partial charge on any atom is -0.464 e. The second kappa shape index (κ2) is 8.60. The van der Waals surface area contributed by atoms with E-state index in [-0.39, 0.29) is 23.7 Å². The monoisotopic (exact) mass is 388 g/mol. The van der Waals surface area contributed by atoms with Crippen molar-refractivity contribution in [2.45, 2.75) is 58.7 Å². The van der Waals surface area contributed by atoms with Gasteiger partial charge in [0.2, 0.25) is 5.91 Å². The maximum atomic E-state index is 12.6. The molecule has 0 saturated carbocycles. The van der Waals surface area contributed by atoms with Crippen LogP contribution in [0.2, 0.25) is 0 Å². The fourth-order valence-corrected chi connectivity index (χ4v) is 3.47. The second-order valence-corrected chi connectivity index (χ2v) is 7.19. The van der Waals surface area contributed by atoms with E-state index in [4.69, 9.17) is 9.47 Å². The van der Waals surface area contributed by atoms with Gasteiger partial charge in [0.1, 0.15) is 5.65 Å². The topological polar surface area (TPSA) is 94.5 Å². The summed E-state index contributed by atoms with van der Waals surface area (Å²) in [4.78, 5) is 29.1. The van der Waals surface area contributed by atoms with Gasteiger partial charge in [-0.1, -0.05) is 6.92 Å². The van der Waals surface area contributed by atoms with E-state index in [9.17, 15) is 9.59 Å². The number of nitrogens with one attached hydrogen (secondary N) is 2. The number of pyridine rings is 1. The summed E-state index contributed by atoms with van der Waals surface area (Å²) < 4.78 is 12.6. The summed E-state index contributed by atoms with van der Waals surface area (Å²) in [5, 5.41) is 6.88. The molecule has 1 aliphatic rings. The van der Waals surface area contributed by atoms with Crippen LogP contribution in [0, 0.1) is 0 Å². The number of fused-ring (bicyclic) bond motifs is 1. The maximum Gasteiger partial charge on any atom is 0.356 e. The number of ether oxygens (including phenoxy) is 2. The highest BCUT2D eigenvalue weighted by Gasteiger charge is 2.28. The van der Waals surface area contributed by atoms with E-state index in [1.165, 1.54) is 14.0 Å². The Morgan fingerprint density at radius 1 is 1.46 bits per heavy atom. The number of hydrogen-bond donors (Lipinski definition) is 2. The zero-order valence-electron chi connectivity index (χ0n) is 16.9. The van der Waals surface area contributed by atoms with Crippen LogP contribution in [0.5, 0.6) is 0 Å². The van der Waals surface area contributed by atoms with Gasteiger partial charge < -0.3 is 24.7 Å². The number of esters is 1. The number of nitrogens with zero attached hydrogens (tertiary/aromatic N) is 2. The Hall–Kier alpha value is -2.61. The van der Waals surface area contributed by atoms with Gasteiger partial charge in [0.05, 0.1) is 37.3 Å². The Balaban J connectivity index is 2.16. The smallest absolute Gasteiger partial charge is 0.356 e. The van der Waals surface area contributed by atoms with Crippen molar-refractivity contribution in [3.8, 4) is 0 Å². The normalized spacial score (nSPS) is 17.5. The third kappa shape index (κ3) is 4.11. The lowest BCUT2D eigenvalue weighted by Crippen LogP contribution is -2.21. The minimum absolute atomic E-state index is 0.00361. The summed E-state index contributed by atoms with van der Waals surface area (Å²) in [6.45, 7) is 6.79. The molecule has 2 atom stereocenters. The summed E-state index contributed by atoms with van der Waals surface area (Å²) in [6.07, 6.45) is 4.63. The van der Waals surface area contributed by atoms with Crippen LogP contribution in [0.3, 0.4) is 0 Å². The molecule has 0 radical (unpaired) electrons. The van der Waals surface area contributed by atoms with Crippen molar-refractivity contribution in [1.82, 2.24) is 9.55 Å². The number of hydrogen-bond acceptors (Lipinski definition) is 6. The van der Waals surface area contributed by atoms with Crippen LogP contribution in [0.25, 0.3) is 11.0 Å². The van der Waals surface area contributed by atoms with E-state index >= 15 is 0 Å². The van der Waals surface area contributed by atoms with Gasteiger partial charge in [-0.3, -0.25) is 4.79 Å². The summed E-state index contributed by atoms with van der Waals surface area (Å²) in [5.74, 6) is -0.780. The van der Waals surface area contributed by atoms with Gasteiger partial charge in [-0.05, 0) is 32.3 Å². The van der Waals surface area contributed by atoms with Crippen molar-refractivity contribution in [3.05, 3.63) is 18.0 Å². The van der Waals surface area contributed by atoms with Gasteiger partial charge in [0, 0.05) is 25.0 Å². The average Bonchev–Trinajstić information content (AvgIpc) is 3.28. The van der Waals surface area contributed by atoms with Crippen molar-refractivity contribution in [3.63, 3.8) is 0 Å². The quantitative estimate of drug-likeness (QED) is 0.708. The fourth-order valence-electron chi connectivity index (χ4n) is 3.47. The van der Waals surface area contributed by atoms with Crippen molar-refractivity contribution in [2.75, 3.05) is 24.4 Å². The highest BCUT2D eigenvalue weighted by molar-refractivity contribution is 6.10. The van der Waals surface area contributed by atoms with E-state index in [1.807, 2.05) is 6.07 Å². The van der Waals surface area contributed by atoms with E-state index in [0.717, 1.165) is 24.9 Å². The van der Waals surface area contributed by atoms with Crippen LogP contribution < -0.4 is 10.6 Å². The van der Waals surface area contributed by atoms with Crippen LogP contribution in [0.4, 0.5) is 11.4 Å². The average molecular weight is 388 g/mol. The molecule has 152 valence electrons.